The highest BCUT2D eigenvalue weighted by Crippen LogP contribution is 2.26. The van der Waals surface area contributed by atoms with Crippen molar-refractivity contribution in [3.05, 3.63) is 76.9 Å². The van der Waals surface area contributed by atoms with Crippen LogP contribution in [0.25, 0.3) is 5.57 Å². The van der Waals surface area contributed by atoms with Crippen LogP contribution in [0.15, 0.2) is 60.2 Å². The van der Waals surface area contributed by atoms with Gasteiger partial charge < -0.3 is 4.79 Å². The Labute approximate surface area is 341 Å². The largest absolute Gasteiger partial charge is 0.300 e. The van der Waals surface area contributed by atoms with Gasteiger partial charge in [0.1, 0.15) is 5.78 Å². The molecule has 312 valence electrons. The van der Waals surface area contributed by atoms with Crippen molar-refractivity contribution in [3.8, 4) is 18.4 Å². The van der Waals surface area contributed by atoms with E-state index in [9.17, 15) is 4.79 Å². The Bertz CT molecular complexity index is 1120. The number of hydrogen-bond donors (Lipinski definition) is 0. The van der Waals surface area contributed by atoms with E-state index in [1.165, 1.54) is 123 Å². The number of hydrogen-bond acceptors (Lipinski definition) is 2. The number of carbonyl (C=O) groups excluding carboxylic acids is 1. The lowest BCUT2D eigenvalue weighted by molar-refractivity contribution is -0.115. The van der Waals surface area contributed by atoms with Crippen molar-refractivity contribution >= 4 is 11.4 Å². The first-order valence-electron chi connectivity index (χ1n) is 21.3. The molecule has 0 heterocycles. The summed E-state index contributed by atoms with van der Waals surface area (Å²) in [6.45, 7) is 45.6. The van der Waals surface area contributed by atoms with E-state index in [0.29, 0.717) is 0 Å². The van der Waals surface area contributed by atoms with Gasteiger partial charge in [-0.2, -0.15) is 5.26 Å². The zero-order chi connectivity index (χ0) is 43.5. The van der Waals surface area contributed by atoms with Crippen LogP contribution in [0.3, 0.4) is 0 Å². The Morgan fingerprint density at radius 2 is 1.24 bits per heavy atom. The highest BCUT2D eigenvalue weighted by Gasteiger charge is 2.06. The number of Topliss-reactive ketones (excluding diaryl/α,β-unsaturated/α-hetero) is 1. The molecule has 0 radical (unpaired) electrons. The van der Waals surface area contributed by atoms with E-state index in [2.05, 4.69) is 147 Å². The maximum absolute atomic E-state index is 9.44. The highest BCUT2D eigenvalue weighted by molar-refractivity contribution is 5.73. The fourth-order valence-electron chi connectivity index (χ4n) is 5.21. The fourth-order valence-corrected chi connectivity index (χ4v) is 5.21. The number of aryl methyl sites for hydroxylation is 2. The third-order valence-corrected chi connectivity index (χ3v) is 8.42. The van der Waals surface area contributed by atoms with Crippen LogP contribution in [0.2, 0.25) is 0 Å². The summed E-state index contributed by atoms with van der Waals surface area (Å²) in [4.78, 5) is 9.44. The molecule has 0 saturated heterocycles. The molecule has 1 atom stereocenters. The van der Waals surface area contributed by atoms with Gasteiger partial charge in [-0.15, -0.1) is 19.6 Å². The molecule has 0 aliphatic rings. The van der Waals surface area contributed by atoms with E-state index in [-0.39, 0.29) is 12.2 Å². The first kappa shape index (κ1) is 62.9. The van der Waals surface area contributed by atoms with Crippen LogP contribution in [-0.4, -0.2) is 5.78 Å². The van der Waals surface area contributed by atoms with Gasteiger partial charge in [0, 0.05) is 0 Å². The predicted molar refractivity (Wildman–Crippen MR) is 251 cm³/mol. The van der Waals surface area contributed by atoms with Crippen LogP contribution in [0.4, 0.5) is 0 Å². The van der Waals surface area contributed by atoms with Gasteiger partial charge in [-0.1, -0.05) is 168 Å². The summed E-state index contributed by atoms with van der Waals surface area (Å²) in [6, 6.07) is 8.27. The molecule has 0 spiro atoms. The zero-order valence-corrected chi connectivity index (χ0v) is 39.7. The third-order valence-electron chi connectivity index (χ3n) is 8.42. The number of nitriles is 1. The molecular weight excluding hydrogens is 655 g/mol. The number of terminal acetylenes is 1. The van der Waals surface area contributed by atoms with Gasteiger partial charge >= 0.3 is 0 Å². The minimum atomic E-state index is 0.167. The van der Waals surface area contributed by atoms with Gasteiger partial charge in [-0.3, -0.25) is 0 Å². The van der Waals surface area contributed by atoms with Gasteiger partial charge in [0.05, 0.1) is 12.5 Å². The van der Waals surface area contributed by atoms with Crippen molar-refractivity contribution in [1.29, 1.82) is 5.26 Å². The summed E-state index contributed by atoms with van der Waals surface area (Å²) >= 11 is 0. The third kappa shape index (κ3) is 51.0. The Kier molecular flexibility index (Phi) is 55.8. The summed E-state index contributed by atoms with van der Waals surface area (Å²) in [6.07, 6.45) is 25.3. The normalized spacial score (nSPS) is 10.3. The first-order valence-corrected chi connectivity index (χ1v) is 21.3. The molecule has 1 aromatic rings. The second kappa shape index (κ2) is 47.9. The number of rotatable bonds is 16. The van der Waals surface area contributed by atoms with Crippen LogP contribution >= 0.6 is 0 Å². The molecule has 1 aromatic carbocycles. The summed E-state index contributed by atoms with van der Waals surface area (Å²) in [5.74, 6) is 5.05. The number of ketones is 1. The smallest absolute Gasteiger partial charge is 0.126 e. The van der Waals surface area contributed by atoms with Crippen LogP contribution in [0.5, 0.6) is 0 Å². The first-order chi connectivity index (χ1) is 25.4. The molecule has 2 heteroatoms. The fraction of sp³-hybridized carbons (Fsp3) is 0.654. The van der Waals surface area contributed by atoms with Crippen molar-refractivity contribution in [3.63, 3.8) is 0 Å². The second-order valence-corrected chi connectivity index (χ2v) is 14.9. The summed E-state index contributed by atoms with van der Waals surface area (Å²) < 4.78 is 0. The van der Waals surface area contributed by atoms with Gasteiger partial charge in [0.2, 0.25) is 0 Å². The minimum absolute atomic E-state index is 0.167. The average Bonchev–Trinajstić information content (AvgIpc) is 3.10. The molecule has 0 fully saturated rings. The Morgan fingerprint density at radius 3 is 1.50 bits per heavy atom. The lowest BCUT2D eigenvalue weighted by Crippen LogP contribution is -1.98. The molecule has 0 saturated carbocycles. The lowest BCUT2D eigenvalue weighted by Gasteiger charge is -2.13. The van der Waals surface area contributed by atoms with E-state index >= 15 is 0 Å². The number of allylic oxidation sites excluding steroid dienone is 6. The van der Waals surface area contributed by atoms with Gasteiger partial charge in [0.15, 0.2) is 0 Å². The lowest BCUT2D eigenvalue weighted by atomic mass is 9.93. The van der Waals surface area contributed by atoms with Crippen LogP contribution in [0.1, 0.15) is 211 Å². The second-order valence-electron chi connectivity index (χ2n) is 14.9. The molecular formula is C52H93NO. The van der Waals surface area contributed by atoms with E-state index in [1.54, 1.807) is 6.07 Å². The summed E-state index contributed by atoms with van der Waals surface area (Å²) in [5.41, 5.74) is 9.55. The molecule has 1 unspecified atom stereocenters. The predicted octanol–water partition coefficient (Wildman–Crippen LogP) is 17.6. The maximum Gasteiger partial charge on any atom is 0.126 e. The van der Waals surface area contributed by atoms with Crippen LogP contribution < -0.4 is 0 Å². The summed E-state index contributed by atoms with van der Waals surface area (Å²) in [5, 5.41) is 7.67. The Morgan fingerprint density at radius 1 is 0.815 bits per heavy atom. The number of benzene rings is 1. The van der Waals surface area contributed by atoms with E-state index in [1.807, 2.05) is 19.9 Å². The SMILES string of the molecule is C#CCC#N.C=C(C)CCC(CC)CCCC.C=CCC(C)C.CC.CC(C)=C/C(C)=C(/C)c1c(C)cccc1C.CC(C)=O.CCCCC(CC)CC. The topological polar surface area (TPSA) is 40.9 Å². The molecule has 0 N–H and O–H groups in total. The molecule has 0 bridgehead atoms. The number of unbranched alkanes of at least 4 members (excludes halogenated alkanes) is 2. The number of nitrogens with zero attached hydrogens (tertiary/aromatic N) is 1. The molecule has 1 rings (SSSR count). The molecule has 0 aliphatic carbocycles. The zero-order valence-electron chi connectivity index (χ0n) is 39.7. The average molecular weight is 748 g/mol. The number of carbonyl (C=O) groups is 1. The van der Waals surface area contributed by atoms with Crippen molar-refractivity contribution in [1.82, 2.24) is 0 Å². The molecule has 2 nitrogen and oxygen atoms in total. The summed E-state index contributed by atoms with van der Waals surface area (Å²) in [7, 11) is 0. The van der Waals surface area contributed by atoms with E-state index < -0.39 is 0 Å². The molecule has 0 amide bonds. The Hall–Kier alpha value is -3.10. The highest BCUT2D eigenvalue weighted by atomic mass is 16.1. The molecule has 0 aliphatic heterocycles. The van der Waals surface area contributed by atoms with Gasteiger partial charge in [-0.25, -0.2) is 0 Å². The van der Waals surface area contributed by atoms with Crippen LogP contribution in [-0.2, 0) is 4.79 Å². The van der Waals surface area contributed by atoms with Crippen molar-refractivity contribution in [2.24, 2.45) is 17.8 Å². The quantitative estimate of drug-likeness (QED) is 0.0960. The minimum Gasteiger partial charge on any atom is -0.300 e. The molecule has 54 heavy (non-hydrogen) atoms. The van der Waals surface area contributed by atoms with E-state index in [4.69, 9.17) is 5.26 Å². The maximum atomic E-state index is 9.44. The van der Waals surface area contributed by atoms with Crippen molar-refractivity contribution in [2.75, 3.05) is 0 Å². The standard InChI is InChI=1S/C16H22.C12H24.C9H20.C6H12.C4H3N.C3H6O.C2H6/c1-11(2)10-14(5)15(6)16-12(3)8-7-9-13(16)4;1-5-7-8-12(6-2)10-9-11(3)4;1-4-7-8-9(5-2)6-3;1-4-5-6(2)3;1-2-3-4-5;1-3(2)4;1-2/h7-10H,1-6H3;12H,3,5-10H2,1-2,4H3;9H,4-8H2,1-3H3;4,6H,1,5H2,2-3H3;1H,3H2;1-2H3;1-2H3/b15-14-;;;;;;. The van der Waals surface area contributed by atoms with E-state index in [0.717, 1.165) is 24.2 Å². The van der Waals surface area contributed by atoms with Crippen molar-refractivity contribution in [2.45, 2.75) is 208 Å². The van der Waals surface area contributed by atoms with Crippen molar-refractivity contribution < 1.29 is 4.79 Å². The Balaban J connectivity index is -0.000000135. The van der Waals surface area contributed by atoms with Gasteiger partial charge in [0.25, 0.3) is 0 Å². The van der Waals surface area contributed by atoms with Crippen LogP contribution in [0, 0.1) is 55.3 Å². The monoisotopic (exact) mass is 748 g/mol. The van der Waals surface area contributed by atoms with Gasteiger partial charge in [-0.05, 0) is 127 Å². The molecule has 0 aromatic heterocycles.